The zero-order valence-electron chi connectivity index (χ0n) is 18.5. The molecule has 1 aromatic carbocycles. The van der Waals surface area contributed by atoms with E-state index in [1.54, 1.807) is 11.5 Å². The minimum absolute atomic E-state index is 0.0825. The molecule has 0 unspecified atom stereocenters. The zero-order valence-corrected chi connectivity index (χ0v) is 18.5. The van der Waals surface area contributed by atoms with Gasteiger partial charge < -0.3 is 30.2 Å². The standard InChI is InChI=1S/C24H29N5O4/c1-14-20(31)21(32)24(33-14)29-12-17(16-8-3-2-4-9-16)19-22(27-13-28-23(19)29)26-11-18(30)25-10-15-6-5-7-15/h2-4,8-9,12-15,20-21,24,31-32H,5-7,10-11H2,1H3,(H,25,30)(H,26,27,28)/t14-,20-,21-,24-/m1/s1. The van der Waals surface area contributed by atoms with Crippen molar-refractivity contribution in [1.82, 2.24) is 19.9 Å². The molecule has 1 saturated carbocycles. The lowest BCUT2D eigenvalue weighted by Crippen LogP contribution is -2.35. The zero-order chi connectivity index (χ0) is 22.9. The average molecular weight is 452 g/mol. The third-order valence-corrected chi connectivity index (χ3v) is 6.67. The van der Waals surface area contributed by atoms with E-state index in [1.807, 2.05) is 36.5 Å². The lowest BCUT2D eigenvalue weighted by Gasteiger charge is -2.25. The molecule has 2 fully saturated rings. The van der Waals surface area contributed by atoms with Crippen LogP contribution in [0.4, 0.5) is 5.82 Å². The second-order valence-corrected chi connectivity index (χ2v) is 8.90. The Hall–Kier alpha value is -3.01. The Balaban J connectivity index is 1.48. The fraction of sp³-hybridized carbons (Fsp3) is 0.458. The molecule has 1 saturated heterocycles. The maximum Gasteiger partial charge on any atom is 0.239 e. The maximum atomic E-state index is 12.4. The molecule has 1 amide bonds. The number of fused-ring (bicyclic) bond motifs is 1. The normalized spacial score (nSPS) is 25.2. The first kappa shape index (κ1) is 21.8. The summed E-state index contributed by atoms with van der Waals surface area (Å²) in [6, 6.07) is 9.77. The first-order valence-electron chi connectivity index (χ1n) is 11.5. The summed E-state index contributed by atoms with van der Waals surface area (Å²) in [6.45, 7) is 2.53. The van der Waals surface area contributed by atoms with Crippen molar-refractivity contribution in [2.24, 2.45) is 5.92 Å². The summed E-state index contributed by atoms with van der Waals surface area (Å²) in [6.07, 6.45) is 3.48. The number of nitrogens with one attached hydrogen (secondary N) is 2. The van der Waals surface area contributed by atoms with E-state index < -0.39 is 24.5 Å². The first-order valence-corrected chi connectivity index (χ1v) is 11.5. The van der Waals surface area contributed by atoms with Crippen molar-refractivity contribution in [2.75, 3.05) is 18.4 Å². The van der Waals surface area contributed by atoms with Gasteiger partial charge in [0, 0.05) is 18.3 Å². The van der Waals surface area contributed by atoms with Gasteiger partial charge in [-0.2, -0.15) is 0 Å². The Kier molecular flexibility index (Phi) is 6.01. The molecule has 4 N–H and O–H groups in total. The number of hydrogen-bond acceptors (Lipinski definition) is 7. The Morgan fingerprint density at radius 3 is 2.64 bits per heavy atom. The van der Waals surface area contributed by atoms with E-state index in [2.05, 4.69) is 20.6 Å². The highest BCUT2D eigenvalue weighted by Gasteiger charge is 2.42. The van der Waals surface area contributed by atoms with Crippen LogP contribution in [-0.2, 0) is 9.53 Å². The molecule has 2 aromatic heterocycles. The summed E-state index contributed by atoms with van der Waals surface area (Å²) < 4.78 is 7.59. The van der Waals surface area contributed by atoms with Crippen LogP contribution in [0.25, 0.3) is 22.2 Å². The third-order valence-electron chi connectivity index (χ3n) is 6.67. The minimum Gasteiger partial charge on any atom is -0.388 e. The largest absolute Gasteiger partial charge is 0.388 e. The molecule has 4 atom stereocenters. The monoisotopic (exact) mass is 451 g/mol. The van der Waals surface area contributed by atoms with Gasteiger partial charge in [-0.25, -0.2) is 9.97 Å². The van der Waals surface area contributed by atoms with Crippen molar-refractivity contribution in [3.63, 3.8) is 0 Å². The Morgan fingerprint density at radius 1 is 1.18 bits per heavy atom. The minimum atomic E-state index is -1.09. The van der Waals surface area contributed by atoms with Gasteiger partial charge in [0.1, 0.15) is 30.0 Å². The van der Waals surface area contributed by atoms with Gasteiger partial charge in [0.25, 0.3) is 0 Å². The molecule has 2 aliphatic rings. The van der Waals surface area contributed by atoms with Crippen LogP contribution in [0.5, 0.6) is 0 Å². The number of rotatable bonds is 7. The van der Waals surface area contributed by atoms with Crippen LogP contribution in [0.1, 0.15) is 32.4 Å². The third kappa shape index (κ3) is 4.19. The van der Waals surface area contributed by atoms with Gasteiger partial charge in [0.15, 0.2) is 6.23 Å². The topological polar surface area (TPSA) is 122 Å². The van der Waals surface area contributed by atoms with Crippen molar-refractivity contribution >= 4 is 22.8 Å². The molecule has 33 heavy (non-hydrogen) atoms. The van der Waals surface area contributed by atoms with Crippen LogP contribution < -0.4 is 10.6 Å². The highest BCUT2D eigenvalue weighted by molar-refractivity contribution is 6.02. The van der Waals surface area contributed by atoms with E-state index in [-0.39, 0.29) is 12.5 Å². The number of benzene rings is 1. The number of aliphatic hydroxyl groups is 2. The second kappa shape index (κ2) is 9.09. The molecule has 1 aliphatic carbocycles. The van der Waals surface area contributed by atoms with Gasteiger partial charge in [-0.1, -0.05) is 36.8 Å². The van der Waals surface area contributed by atoms with Gasteiger partial charge in [-0.3, -0.25) is 4.79 Å². The van der Waals surface area contributed by atoms with Gasteiger partial charge in [0.05, 0.1) is 18.0 Å². The predicted molar refractivity (Wildman–Crippen MR) is 123 cm³/mol. The molecule has 1 aliphatic heterocycles. The number of aliphatic hydroxyl groups excluding tert-OH is 2. The van der Waals surface area contributed by atoms with Gasteiger partial charge in [-0.15, -0.1) is 0 Å². The molecule has 9 nitrogen and oxygen atoms in total. The summed E-state index contributed by atoms with van der Waals surface area (Å²) in [7, 11) is 0. The van der Waals surface area contributed by atoms with Gasteiger partial charge >= 0.3 is 0 Å². The van der Waals surface area contributed by atoms with Crippen molar-refractivity contribution in [2.45, 2.75) is 50.7 Å². The maximum absolute atomic E-state index is 12.4. The van der Waals surface area contributed by atoms with Crippen LogP contribution in [0.3, 0.4) is 0 Å². The fourth-order valence-corrected chi connectivity index (χ4v) is 4.49. The first-order chi connectivity index (χ1) is 16.0. The van der Waals surface area contributed by atoms with E-state index >= 15 is 0 Å². The number of anilines is 1. The average Bonchev–Trinajstić information content (AvgIpc) is 3.30. The number of nitrogens with zero attached hydrogens (tertiary/aromatic N) is 3. The smallest absolute Gasteiger partial charge is 0.239 e. The van der Waals surface area contributed by atoms with E-state index in [0.29, 0.717) is 23.9 Å². The fourth-order valence-electron chi connectivity index (χ4n) is 4.49. The van der Waals surface area contributed by atoms with Crippen molar-refractivity contribution < 1.29 is 19.7 Å². The molecule has 9 heteroatoms. The highest BCUT2D eigenvalue weighted by atomic mass is 16.6. The van der Waals surface area contributed by atoms with E-state index in [9.17, 15) is 15.0 Å². The van der Waals surface area contributed by atoms with E-state index in [1.165, 1.54) is 25.6 Å². The number of hydrogen-bond donors (Lipinski definition) is 4. The molecule has 3 heterocycles. The number of aromatic nitrogens is 3. The quantitative estimate of drug-likeness (QED) is 0.434. The van der Waals surface area contributed by atoms with E-state index in [0.717, 1.165) is 16.5 Å². The van der Waals surface area contributed by atoms with Crippen molar-refractivity contribution in [3.05, 3.63) is 42.9 Å². The Bertz CT molecular complexity index is 1130. The number of carbonyl (C=O) groups excluding carboxylic acids is 1. The molecule has 3 aromatic rings. The summed E-state index contributed by atoms with van der Waals surface area (Å²) >= 11 is 0. The highest BCUT2D eigenvalue weighted by Crippen LogP contribution is 2.38. The van der Waals surface area contributed by atoms with Crippen molar-refractivity contribution in [1.29, 1.82) is 0 Å². The molecule has 5 rings (SSSR count). The summed E-state index contributed by atoms with van der Waals surface area (Å²) in [5, 5.41) is 27.7. The predicted octanol–water partition coefficient (Wildman–Crippen LogP) is 2.07. The molecule has 174 valence electrons. The van der Waals surface area contributed by atoms with Crippen LogP contribution in [-0.4, -0.2) is 62.1 Å². The number of ether oxygens (including phenoxy) is 1. The molecule has 0 bridgehead atoms. The molecular weight excluding hydrogens is 422 g/mol. The number of carbonyl (C=O) groups is 1. The van der Waals surface area contributed by atoms with Crippen LogP contribution >= 0.6 is 0 Å². The lowest BCUT2D eigenvalue weighted by molar-refractivity contribution is -0.119. The number of amides is 1. The van der Waals surface area contributed by atoms with Crippen LogP contribution in [0.2, 0.25) is 0 Å². The molecule has 0 radical (unpaired) electrons. The van der Waals surface area contributed by atoms with Crippen LogP contribution in [0.15, 0.2) is 42.9 Å². The summed E-state index contributed by atoms with van der Waals surface area (Å²) in [4.78, 5) is 21.2. The van der Waals surface area contributed by atoms with E-state index in [4.69, 9.17) is 4.74 Å². The summed E-state index contributed by atoms with van der Waals surface area (Å²) in [5.41, 5.74) is 2.33. The lowest BCUT2D eigenvalue weighted by atomic mass is 9.85. The van der Waals surface area contributed by atoms with Crippen molar-refractivity contribution in [3.8, 4) is 11.1 Å². The van der Waals surface area contributed by atoms with Gasteiger partial charge in [-0.05, 0) is 31.2 Å². The molecule has 0 spiro atoms. The second-order valence-electron chi connectivity index (χ2n) is 8.90. The Morgan fingerprint density at radius 2 is 1.97 bits per heavy atom. The van der Waals surface area contributed by atoms with Gasteiger partial charge in [0.2, 0.25) is 5.91 Å². The van der Waals surface area contributed by atoms with Crippen LogP contribution in [0, 0.1) is 5.92 Å². The summed E-state index contributed by atoms with van der Waals surface area (Å²) in [5.74, 6) is 1.03. The molecular formula is C24H29N5O4. The Labute approximate surface area is 191 Å². The SMILES string of the molecule is C[C@H]1O[C@@H](n2cc(-c3ccccc3)c3c(NCC(=O)NCC4CCC4)ncnc32)[C@H](O)[C@@H]1O.